The highest BCUT2D eigenvalue weighted by Crippen LogP contribution is 2.34. The lowest BCUT2D eigenvalue weighted by Gasteiger charge is -2.09. The molecule has 0 radical (unpaired) electrons. The summed E-state index contributed by atoms with van der Waals surface area (Å²) in [5, 5.41) is 7.41. The number of amides is 1. The molecule has 182 valence electrons. The standard InChI is InChI=1S/C22H21N5O5S3/c1-12-10-17(26-32-12)27-35(30,31)14-8-6-13(7-9-14)23-18(28)11-33-22-24-20(29)19-15-4-2-3-5-16(15)34-21(19)25-22/h6-10H,2-5,11H2,1H3,(H,23,28)(H,26,27)(H,24,25,29). The number of aryl methyl sites for hydroxylation is 3. The van der Waals surface area contributed by atoms with Crippen LogP contribution in [0, 0.1) is 6.92 Å². The Kier molecular flexibility index (Phi) is 6.38. The maximum Gasteiger partial charge on any atom is 0.263 e. The second kappa shape index (κ2) is 9.47. The van der Waals surface area contributed by atoms with Crippen LogP contribution >= 0.6 is 23.1 Å². The number of carbonyl (C=O) groups excluding carboxylic acids is 1. The highest BCUT2D eigenvalue weighted by atomic mass is 32.2. The highest BCUT2D eigenvalue weighted by molar-refractivity contribution is 7.99. The first-order valence-corrected chi connectivity index (χ1v) is 14.1. The fourth-order valence-corrected chi connectivity index (χ4v) is 6.84. The Morgan fingerprint density at radius 1 is 1.23 bits per heavy atom. The van der Waals surface area contributed by atoms with E-state index in [1.165, 1.54) is 35.2 Å². The molecule has 0 spiro atoms. The molecule has 3 aromatic heterocycles. The van der Waals surface area contributed by atoms with Gasteiger partial charge in [-0.05, 0) is 62.4 Å². The van der Waals surface area contributed by atoms with Crippen LogP contribution in [0.2, 0.25) is 0 Å². The minimum absolute atomic E-state index is 0.0132. The number of nitrogens with zero attached hydrogens (tertiary/aromatic N) is 2. The van der Waals surface area contributed by atoms with Crippen molar-refractivity contribution in [3.05, 3.63) is 56.9 Å². The number of sulfonamides is 1. The molecule has 3 heterocycles. The Hall–Kier alpha value is -3.16. The van der Waals surface area contributed by atoms with Gasteiger partial charge in [-0.15, -0.1) is 11.3 Å². The maximum atomic E-state index is 12.6. The zero-order valence-electron chi connectivity index (χ0n) is 18.6. The van der Waals surface area contributed by atoms with Crippen LogP contribution in [-0.2, 0) is 27.7 Å². The monoisotopic (exact) mass is 531 g/mol. The van der Waals surface area contributed by atoms with Gasteiger partial charge < -0.3 is 14.8 Å². The number of benzene rings is 1. The molecule has 0 aliphatic heterocycles. The van der Waals surface area contributed by atoms with E-state index in [4.69, 9.17) is 4.52 Å². The molecule has 1 amide bonds. The first kappa shape index (κ1) is 23.6. The quantitative estimate of drug-likeness (QED) is 0.242. The molecule has 10 nitrogen and oxygen atoms in total. The fraction of sp³-hybridized carbons (Fsp3) is 0.273. The molecule has 5 rings (SSSR count). The van der Waals surface area contributed by atoms with E-state index in [0.29, 0.717) is 22.0 Å². The van der Waals surface area contributed by atoms with Gasteiger partial charge in [0, 0.05) is 16.6 Å². The molecule has 0 bridgehead atoms. The van der Waals surface area contributed by atoms with Crippen molar-refractivity contribution in [2.45, 2.75) is 42.7 Å². The normalized spacial score (nSPS) is 13.5. The second-order valence-corrected chi connectivity index (χ2v) is 11.8. The van der Waals surface area contributed by atoms with Crippen LogP contribution < -0.4 is 15.6 Å². The van der Waals surface area contributed by atoms with E-state index in [1.54, 1.807) is 18.3 Å². The molecule has 0 atom stereocenters. The average molecular weight is 532 g/mol. The van der Waals surface area contributed by atoms with Crippen LogP contribution in [-0.4, -0.2) is 35.2 Å². The lowest BCUT2D eigenvalue weighted by molar-refractivity contribution is -0.113. The zero-order chi connectivity index (χ0) is 24.6. The summed E-state index contributed by atoms with van der Waals surface area (Å²) in [5.41, 5.74) is 1.40. The summed E-state index contributed by atoms with van der Waals surface area (Å²) in [6.45, 7) is 1.65. The average Bonchev–Trinajstić information content (AvgIpc) is 3.40. The van der Waals surface area contributed by atoms with Gasteiger partial charge in [0.25, 0.3) is 15.6 Å². The number of anilines is 2. The van der Waals surface area contributed by atoms with Crippen molar-refractivity contribution in [2.24, 2.45) is 0 Å². The zero-order valence-corrected chi connectivity index (χ0v) is 21.0. The van der Waals surface area contributed by atoms with Crippen LogP contribution in [0.15, 0.2) is 49.7 Å². The summed E-state index contributed by atoms with van der Waals surface area (Å²) in [4.78, 5) is 34.4. The van der Waals surface area contributed by atoms with Crippen molar-refractivity contribution in [3.63, 3.8) is 0 Å². The van der Waals surface area contributed by atoms with Gasteiger partial charge in [-0.3, -0.25) is 14.3 Å². The lowest BCUT2D eigenvalue weighted by atomic mass is 9.97. The molecule has 1 aromatic carbocycles. The van der Waals surface area contributed by atoms with E-state index < -0.39 is 10.0 Å². The van der Waals surface area contributed by atoms with E-state index in [1.807, 2.05) is 0 Å². The molecule has 13 heteroatoms. The van der Waals surface area contributed by atoms with E-state index >= 15 is 0 Å². The van der Waals surface area contributed by atoms with Gasteiger partial charge in [-0.1, -0.05) is 16.9 Å². The lowest BCUT2D eigenvalue weighted by Crippen LogP contribution is -2.16. The van der Waals surface area contributed by atoms with Crippen LogP contribution in [0.1, 0.15) is 29.0 Å². The van der Waals surface area contributed by atoms with Crippen molar-refractivity contribution < 1.29 is 17.7 Å². The molecule has 0 unspecified atom stereocenters. The second-order valence-electron chi connectivity index (χ2n) is 8.05. The van der Waals surface area contributed by atoms with Crippen molar-refractivity contribution in [1.82, 2.24) is 15.1 Å². The van der Waals surface area contributed by atoms with Gasteiger partial charge in [0.15, 0.2) is 11.0 Å². The summed E-state index contributed by atoms with van der Waals surface area (Å²) < 4.78 is 32.1. The topological polar surface area (TPSA) is 147 Å². The predicted octanol–water partition coefficient (Wildman–Crippen LogP) is 3.69. The van der Waals surface area contributed by atoms with Gasteiger partial charge in [-0.2, -0.15) is 0 Å². The van der Waals surface area contributed by atoms with Crippen LogP contribution in [0.3, 0.4) is 0 Å². The Morgan fingerprint density at radius 3 is 2.74 bits per heavy atom. The molecule has 0 saturated carbocycles. The van der Waals surface area contributed by atoms with E-state index in [2.05, 4.69) is 25.2 Å². The fourth-order valence-electron chi connectivity index (χ4n) is 3.87. The molecule has 1 aliphatic rings. The van der Waals surface area contributed by atoms with Crippen molar-refractivity contribution >= 4 is 60.8 Å². The van der Waals surface area contributed by atoms with Gasteiger partial charge in [-0.25, -0.2) is 13.4 Å². The third kappa shape index (κ3) is 5.11. The largest absolute Gasteiger partial charge is 0.360 e. The van der Waals surface area contributed by atoms with Crippen LogP contribution in [0.25, 0.3) is 10.2 Å². The van der Waals surface area contributed by atoms with Gasteiger partial charge in [0.1, 0.15) is 10.6 Å². The summed E-state index contributed by atoms with van der Waals surface area (Å²) >= 11 is 2.70. The smallest absolute Gasteiger partial charge is 0.263 e. The maximum absolute atomic E-state index is 12.6. The molecule has 35 heavy (non-hydrogen) atoms. The van der Waals surface area contributed by atoms with Gasteiger partial charge in [0.05, 0.1) is 16.0 Å². The summed E-state index contributed by atoms with van der Waals surface area (Å²) in [7, 11) is -3.85. The highest BCUT2D eigenvalue weighted by Gasteiger charge is 2.20. The molecular formula is C22H21N5O5S3. The number of hydrogen-bond acceptors (Lipinski definition) is 9. The number of thioether (sulfide) groups is 1. The Bertz CT molecular complexity index is 1570. The Morgan fingerprint density at radius 2 is 2.00 bits per heavy atom. The molecular weight excluding hydrogens is 510 g/mol. The van der Waals surface area contributed by atoms with E-state index in [0.717, 1.165) is 47.8 Å². The minimum Gasteiger partial charge on any atom is -0.360 e. The predicted molar refractivity (Wildman–Crippen MR) is 135 cm³/mol. The van der Waals surface area contributed by atoms with E-state index in [9.17, 15) is 18.0 Å². The van der Waals surface area contributed by atoms with Crippen molar-refractivity contribution in [1.29, 1.82) is 0 Å². The van der Waals surface area contributed by atoms with Crippen LogP contribution in [0.4, 0.5) is 11.5 Å². The number of aromatic amines is 1. The first-order chi connectivity index (χ1) is 16.8. The number of aromatic nitrogens is 3. The summed E-state index contributed by atoms with van der Waals surface area (Å²) in [5.74, 6) is 0.291. The summed E-state index contributed by atoms with van der Waals surface area (Å²) in [6, 6.07) is 7.21. The summed E-state index contributed by atoms with van der Waals surface area (Å²) in [6.07, 6.45) is 4.10. The van der Waals surface area contributed by atoms with Crippen molar-refractivity contribution in [2.75, 3.05) is 15.8 Å². The van der Waals surface area contributed by atoms with Crippen LogP contribution in [0.5, 0.6) is 0 Å². The SMILES string of the molecule is Cc1cc(NS(=O)(=O)c2ccc(NC(=O)CSc3nc4sc5c(c4c(=O)[nH]3)CCCC5)cc2)no1. The number of thiophene rings is 1. The molecule has 0 saturated heterocycles. The van der Waals surface area contributed by atoms with E-state index in [-0.39, 0.29) is 27.9 Å². The third-order valence-corrected chi connectivity index (χ3v) is 8.89. The molecule has 3 N–H and O–H groups in total. The molecule has 0 fully saturated rings. The minimum atomic E-state index is -3.85. The third-order valence-electron chi connectivity index (χ3n) is 5.46. The number of H-pyrrole nitrogens is 1. The Labute approximate surface area is 208 Å². The number of nitrogens with one attached hydrogen (secondary N) is 3. The van der Waals surface area contributed by atoms with Gasteiger partial charge >= 0.3 is 0 Å². The number of fused-ring (bicyclic) bond motifs is 3. The van der Waals surface area contributed by atoms with Gasteiger partial charge in [0.2, 0.25) is 5.91 Å². The molecule has 1 aliphatic carbocycles. The van der Waals surface area contributed by atoms with Crippen molar-refractivity contribution in [3.8, 4) is 0 Å². The number of carbonyl (C=O) groups is 1. The first-order valence-electron chi connectivity index (χ1n) is 10.8. The molecule has 4 aromatic rings. The number of hydrogen-bond donors (Lipinski definition) is 3. The number of rotatable bonds is 7. The Balaban J connectivity index is 1.21.